The second kappa shape index (κ2) is 5.62. The van der Waals surface area contributed by atoms with E-state index in [-0.39, 0.29) is 0 Å². The van der Waals surface area contributed by atoms with E-state index >= 15 is 0 Å². The first-order chi connectivity index (χ1) is 8.58. The number of imidazole rings is 1. The van der Waals surface area contributed by atoms with Gasteiger partial charge in [-0.3, -0.25) is 0 Å². The summed E-state index contributed by atoms with van der Waals surface area (Å²) < 4.78 is 3.36. The summed E-state index contributed by atoms with van der Waals surface area (Å²) in [4.78, 5) is 4.64. The van der Waals surface area contributed by atoms with Gasteiger partial charge in [0.2, 0.25) is 0 Å². The average molecular weight is 330 g/mol. The number of benzene rings is 1. The van der Waals surface area contributed by atoms with E-state index < -0.39 is 0 Å². The molecule has 4 heteroatoms. The van der Waals surface area contributed by atoms with Crippen molar-refractivity contribution in [3.05, 3.63) is 28.5 Å². The first-order valence-electron chi connectivity index (χ1n) is 6.30. The van der Waals surface area contributed by atoms with E-state index in [4.69, 9.17) is 11.6 Å². The van der Waals surface area contributed by atoms with Crippen LogP contribution in [-0.4, -0.2) is 9.55 Å². The molecule has 0 fully saturated rings. The number of hydrogen-bond donors (Lipinski definition) is 0. The van der Waals surface area contributed by atoms with E-state index in [0.29, 0.717) is 17.8 Å². The fourth-order valence-corrected chi connectivity index (χ4v) is 3.08. The molecule has 0 saturated carbocycles. The van der Waals surface area contributed by atoms with Crippen LogP contribution in [0.4, 0.5) is 0 Å². The Balaban J connectivity index is 2.66. The van der Waals surface area contributed by atoms with Crippen LogP contribution in [0, 0.1) is 5.92 Å². The third-order valence-corrected chi connectivity index (χ3v) is 4.10. The van der Waals surface area contributed by atoms with Crippen molar-refractivity contribution in [2.75, 3.05) is 0 Å². The molecule has 0 aliphatic heterocycles. The van der Waals surface area contributed by atoms with Crippen LogP contribution in [-0.2, 0) is 5.88 Å². The van der Waals surface area contributed by atoms with Gasteiger partial charge in [0.05, 0.1) is 16.9 Å². The van der Waals surface area contributed by atoms with Crippen LogP contribution >= 0.6 is 27.5 Å². The molecule has 0 N–H and O–H groups in total. The molecule has 0 bridgehead atoms. The predicted octanol–water partition coefficient (Wildman–Crippen LogP) is 5.14. The molecule has 0 saturated heterocycles. The van der Waals surface area contributed by atoms with E-state index in [2.05, 4.69) is 64.5 Å². The Bertz CT molecular complexity index is 548. The van der Waals surface area contributed by atoms with Gasteiger partial charge in [-0.1, -0.05) is 36.7 Å². The minimum Gasteiger partial charge on any atom is -0.324 e. The highest BCUT2D eigenvalue weighted by atomic mass is 79.9. The van der Waals surface area contributed by atoms with Crippen LogP contribution in [0.15, 0.2) is 22.7 Å². The van der Waals surface area contributed by atoms with Crippen LogP contribution in [0.25, 0.3) is 11.0 Å². The molecule has 1 aromatic heterocycles. The highest BCUT2D eigenvalue weighted by molar-refractivity contribution is 9.10. The second-order valence-corrected chi connectivity index (χ2v) is 6.07. The Kier molecular flexibility index (Phi) is 4.33. The van der Waals surface area contributed by atoms with Gasteiger partial charge in [-0.2, -0.15) is 0 Å². The molecular weight excluding hydrogens is 312 g/mol. The van der Waals surface area contributed by atoms with Gasteiger partial charge < -0.3 is 4.57 Å². The third kappa shape index (κ3) is 2.43. The minimum atomic E-state index is 0.449. The predicted molar refractivity (Wildman–Crippen MR) is 81.2 cm³/mol. The van der Waals surface area contributed by atoms with Crippen molar-refractivity contribution >= 4 is 38.6 Å². The smallest absolute Gasteiger partial charge is 0.125 e. The van der Waals surface area contributed by atoms with Crippen LogP contribution in [0.2, 0.25) is 0 Å². The zero-order valence-electron chi connectivity index (χ0n) is 11.0. The molecule has 18 heavy (non-hydrogen) atoms. The number of alkyl halides is 1. The summed E-state index contributed by atoms with van der Waals surface area (Å²) >= 11 is 9.54. The van der Waals surface area contributed by atoms with Crippen molar-refractivity contribution in [1.29, 1.82) is 0 Å². The number of fused-ring (bicyclic) bond motifs is 1. The van der Waals surface area contributed by atoms with Gasteiger partial charge in [0, 0.05) is 10.5 Å². The van der Waals surface area contributed by atoms with E-state index in [1.54, 1.807) is 0 Å². The zero-order chi connectivity index (χ0) is 13.3. The Morgan fingerprint density at radius 2 is 2.11 bits per heavy atom. The summed E-state index contributed by atoms with van der Waals surface area (Å²) in [6.07, 6.45) is 1.09. The molecule has 1 aromatic carbocycles. The molecule has 1 heterocycles. The molecule has 2 nitrogen and oxygen atoms in total. The lowest BCUT2D eigenvalue weighted by Gasteiger charge is -2.23. The number of rotatable bonds is 4. The largest absolute Gasteiger partial charge is 0.324 e. The van der Waals surface area contributed by atoms with E-state index in [9.17, 15) is 0 Å². The fraction of sp³-hybridized carbons (Fsp3) is 0.500. The standard InChI is InChI=1S/C14H18BrClN2/c1-4-12(9(2)3)18-13-6-5-10(15)7-11(13)17-14(18)8-16/h5-7,9,12H,4,8H2,1-3H3. The number of halogens is 2. The van der Waals surface area contributed by atoms with Crippen LogP contribution in [0.1, 0.15) is 39.1 Å². The van der Waals surface area contributed by atoms with Crippen molar-refractivity contribution in [2.24, 2.45) is 5.92 Å². The summed E-state index contributed by atoms with van der Waals surface area (Å²) in [7, 11) is 0. The van der Waals surface area contributed by atoms with Gasteiger partial charge in [-0.25, -0.2) is 4.98 Å². The first-order valence-corrected chi connectivity index (χ1v) is 7.63. The van der Waals surface area contributed by atoms with Crippen LogP contribution in [0.3, 0.4) is 0 Å². The summed E-state index contributed by atoms with van der Waals surface area (Å²) in [5.41, 5.74) is 2.19. The number of hydrogen-bond acceptors (Lipinski definition) is 1. The van der Waals surface area contributed by atoms with E-state index in [0.717, 1.165) is 22.2 Å². The minimum absolute atomic E-state index is 0.449. The van der Waals surface area contributed by atoms with Gasteiger partial charge in [0.1, 0.15) is 5.82 Å². The summed E-state index contributed by atoms with van der Waals surface area (Å²) in [6.45, 7) is 6.71. The van der Waals surface area contributed by atoms with Gasteiger partial charge in [-0.15, -0.1) is 11.6 Å². The Hall–Kier alpha value is -0.540. The van der Waals surface area contributed by atoms with Gasteiger partial charge >= 0.3 is 0 Å². The van der Waals surface area contributed by atoms with Crippen LogP contribution < -0.4 is 0 Å². The van der Waals surface area contributed by atoms with Crippen molar-refractivity contribution in [1.82, 2.24) is 9.55 Å². The molecule has 1 unspecified atom stereocenters. The molecule has 0 radical (unpaired) electrons. The highest BCUT2D eigenvalue weighted by Crippen LogP contribution is 2.30. The zero-order valence-corrected chi connectivity index (χ0v) is 13.3. The summed E-state index contributed by atoms with van der Waals surface area (Å²) in [5.74, 6) is 1.98. The maximum atomic E-state index is 6.05. The molecule has 0 aliphatic carbocycles. The molecule has 0 aliphatic rings. The lowest BCUT2D eigenvalue weighted by atomic mass is 10.0. The normalized spacial score (nSPS) is 13.4. The van der Waals surface area contributed by atoms with Gasteiger partial charge in [0.15, 0.2) is 0 Å². The van der Waals surface area contributed by atoms with E-state index in [1.807, 2.05) is 0 Å². The lowest BCUT2D eigenvalue weighted by molar-refractivity contribution is 0.367. The molecule has 1 atom stereocenters. The first kappa shape index (κ1) is 13.9. The van der Waals surface area contributed by atoms with Crippen molar-refractivity contribution in [3.63, 3.8) is 0 Å². The fourth-order valence-electron chi connectivity index (χ4n) is 2.54. The lowest BCUT2D eigenvalue weighted by Crippen LogP contribution is -2.16. The molecule has 2 rings (SSSR count). The quantitative estimate of drug-likeness (QED) is 0.710. The molecular formula is C14H18BrClN2. The number of nitrogens with zero attached hydrogens (tertiary/aromatic N) is 2. The maximum absolute atomic E-state index is 6.05. The maximum Gasteiger partial charge on any atom is 0.125 e. The van der Waals surface area contributed by atoms with Crippen molar-refractivity contribution in [3.8, 4) is 0 Å². The summed E-state index contributed by atoms with van der Waals surface area (Å²) in [6, 6.07) is 6.68. The Morgan fingerprint density at radius 1 is 1.39 bits per heavy atom. The van der Waals surface area contributed by atoms with Gasteiger partial charge in [0.25, 0.3) is 0 Å². The monoisotopic (exact) mass is 328 g/mol. The third-order valence-electron chi connectivity index (χ3n) is 3.36. The molecule has 0 spiro atoms. The van der Waals surface area contributed by atoms with Crippen molar-refractivity contribution in [2.45, 2.75) is 39.1 Å². The second-order valence-electron chi connectivity index (χ2n) is 4.88. The highest BCUT2D eigenvalue weighted by Gasteiger charge is 2.20. The topological polar surface area (TPSA) is 17.8 Å². The van der Waals surface area contributed by atoms with E-state index in [1.165, 1.54) is 5.52 Å². The molecule has 2 aromatic rings. The number of aromatic nitrogens is 2. The molecule has 0 amide bonds. The summed E-state index contributed by atoms with van der Waals surface area (Å²) in [5, 5.41) is 0. The van der Waals surface area contributed by atoms with Gasteiger partial charge in [-0.05, 0) is 30.5 Å². The molecule has 98 valence electrons. The van der Waals surface area contributed by atoms with Crippen LogP contribution in [0.5, 0.6) is 0 Å². The average Bonchev–Trinajstić information content (AvgIpc) is 2.67. The Labute approximate surface area is 121 Å². The van der Waals surface area contributed by atoms with Crippen molar-refractivity contribution < 1.29 is 0 Å². The Morgan fingerprint density at radius 3 is 2.67 bits per heavy atom. The SMILES string of the molecule is CCC(C(C)C)n1c(CCl)nc2cc(Br)ccc21.